The van der Waals surface area contributed by atoms with Gasteiger partial charge in [-0.3, -0.25) is 4.90 Å². The van der Waals surface area contributed by atoms with Crippen LogP contribution >= 0.6 is 0 Å². The van der Waals surface area contributed by atoms with Crippen LogP contribution in [0.1, 0.15) is 13.3 Å². The van der Waals surface area contributed by atoms with E-state index in [0.29, 0.717) is 6.42 Å². The van der Waals surface area contributed by atoms with E-state index in [1.807, 2.05) is 13.0 Å². The second-order valence-electron chi connectivity index (χ2n) is 5.01. The first-order valence-corrected chi connectivity index (χ1v) is 6.28. The molecule has 0 aromatic rings. The summed E-state index contributed by atoms with van der Waals surface area (Å²) in [5, 5.41) is 24.7. The van der Waals surface area contributed by atoms with Crippen LogP contribution in [0.5, 0.6) is 0 Å². The molecule has 3 aliphatic rings. The maximum absolute atomic E-state index is 12.0. The lowest BCUT2D eigenvalue weighted by atomic mass is 10.1. The highest BCUT2D eigenvalue weighted by Gasteiger charge is 2.40. The SMILES string of the molecule is CC1=CC2=CN(C3C[C@H](O)[C@@H](CO)O3)C(=O)NC2N1. The molecule has 2 amide bonds. The number of hydrogen-bond donors (Lipinski definition) is 4. The van der Waals surface area contributed by atoms with E-state index in [2.05, 4.69) is 10.6 Å². The third-order valence-corrected chi connectivity index (χ3v) is 3.57. The molecule has 0 spiro atoms. The van der Waals surface area contributed by atoms with Crippen LogP contribution < -0.4 is 10.6 Å². The zero-order valence-corrected chi connectivity index (χ0v) is 10.5. The Balaban J connectivity index is 1.79. The van der Waals surface area contributed by atoms with Crippen molar-refractivity contribution in [1.29, 1.82) is 0 Å². The van der Waals surface area contributed by atoms with Crippen LogP contribution in [-0.2, 0) is 4.74 Å². The van der Waals surface area contributed by atoms with Crippen molar-refractivity contribution in [3.8, 4) is 0 Å². The van der Waals surface area contributed by atoms with Gasteiger partial charge < -0.3 is 25.6 Å². The highest BCUT2D eigenvalue weighted by molar-refractivity contribution is 5.78. The molecule has 104 valence electrons. The minimum Gasteiger partial charge on any atom is -0.394 e. The van der Waals surface area contributed by atoms with Crippen LogP contribution in [0.2, 0.25) is 0 Å². The average molecular weight is 267 g/mol. The minimum absolute atomic E-state index is 0.191. The Labute approximate surface area is 110 Å². The highest BCUT2D eigenvalue weighted by Crippen LogP contribution is 2.27. The fourth-order valence-electron chi connectivity index (χ4n) is 2.60. The minimum atomic E-state index is -0.752. The summed E-state index contributed by atoms with van der Waals surface area (Å²) in [5.74, 6) is 0. The van der Waals surface area contributed by atoms with Gasteiger partial charge in [0.2, 0.25) is 0 Å². The molecule has 0 saturated carbocycles. The smallest absolute Gasteiger partial charge is 0.325 e. The second kappa shape index (κ2) is 4.52. The summed E-state index contributed by atoms with van der Waals surface area (Å²) in [6.07, 6.45) is 1.85. The Bertz CT molecular complexity index is 462. The van der Waals surface area contributed by atoms with E-state index < -0.39 is 18.4 Å². The lowest BCUT2D eigenvalue weighted by molar-refractivity contribution is -0.0544. The number of aliphatic hydroxyl groups excluding tert-OH is 2. The van der Waals surface area contributed by atoms with Crippen LogP contribution in [0.25, 0.3) is 0 Å². The molecule has 1 fully saturated rings. The fraction of sp³-hybridized carbons (Fsp3) is 0.583. The van der Waals surface area contributed by atoms with Crippen molar-refractivity contribution in [2.24, 2.45) is 0 Å². The molecule has 0 bridgehead atoms. The number of carbonyl (C=O) groups is 1. The molecule has 0 aromatic carbocycles. The number of urea groups is 1. The van der Waals surface area contributed by atoms with Crippen molar-refractivity contribution >= 4 is 6.03 Å². The molecule has 7 nitrogen and oxygen atoms in total. The quantitative estimate of drug-likeness (QED) is 0.525. The zero-order chi connectivity index (χ0) is 13.6. The number of amides is 2. The normalized spacial score (nSPS) is 37.4. The van der Waals surface area contributed by atoms with Gasteiger partial charge in [0.25, 0.3) is 0 Å². The van der Waals surface area contributed by atoms with E-state index >= 15 is 0 Å². The van der Waals surface area contributed by atoms with Gasteiger partial charge in [-0.25, -0.2) is 4.79 Å². The number of nitrogens with zero attached hydrogens (tertiary/aromatic N) is 1. The molecule has 0 radical (unpaired) electrons. The summed E-state index contributed by atoms with van der Waals surface area (Å²) < 4.78 is 5.49. The average Bonchev–Trinajstić information content (AvgIpc) is 2.89. The zero-order valence-electron chi connectivity index (χ0n) is 10.5. The Morgan fingerprint density at radius 2 is 2.32 bits per heavy atom. The standard InChI is InChI=1S/C12H17N3O4/c1-6-2-7-4-15(12(18)14-11(7)13-6)10-3-8(17)9(5-16)19-10/h2,4,8-11,13,16-17H,3,5H2,1H3,(H,14,18)/t8-,9+,10?,11?/m0/s1. The third-order valence-electron chi connectivity index (χ3n) is 3.57. The number of allylic oxidation sites excluding steroid dienone is 1. The predicted octanol–water partition coefficient (Wildman–Crippen LogP) is -0.803. The molecular formula is C12H17N3O4. The molecule has 4 N–H and O–H groups in total. The highest BCUT2D eigenvalue weighted by atomic mass is 16.5. The van der Waals surface area contributed by atoms with Crippen LogP contribution in [0, 0.1) is 0 Å². The van der Waals surface area contributed by atoms with Crippen molar-refractivity contribution < 1.29 is 19.7 Å². The number of aliphatic hydroxyl groups is 2. The number of rotatable bonds is 2. The lowest BCUT2D eigenvalue weighted by Crippen LogP contribution is -2.54. The van der Waals surface area contributed by atoms with E-state index in [1.165, 1.54) is 4.90 Å². The summed E-state index contributed by atoms with van der Waals surface area (Å²) in [6.45, 7) is 1.67. The molecule has 2 unspecified atom stereocenters. The Hall–Kier alpha value is -1.57. The summed E-state index contributed by atoms with van der Waals surface area (Å²) in [4.78, 5) is 13.4. The van der Waals surface area contributed by atoms with Gasteiger partial charge in [0, 0.05) is 23.9 Å². The largest absolute Gasteiger partial charge is 0.394 e. The summed E-state index contributed by atoms with van der Waals surface area (Å²) >= 11 is 0. The summed E-state index contributed by atoms with van der Waals surface area (Å²) in [5.41, 5.74) is 1.93. The molecule has 3 heterocycles. The molecular weight excluding hydrogens is 250 g/mol. The summed E-state index contributed by atoms with van der Waals surface area (Å²) in [6, 6.07) is -0.278. The maximum Gasteiger partial charge on any atom is 0.325 e. The molecule has 1 saturated heterocycles. The van der Waals surface area contributed by atoms with Gasteiger partial charge in [0.15, 0.2) is 0 Å². The van der Waals surface area contributed by atoms with Crippen molar-refractivity contribution in [1.82, 2.24) is 15.5 Å². The predicted molar refractivity (Wildman–Crippen MR) is 65.5 cm³/mol. The van der Waals surface area contributed by atoms with Gasteiger partial charge in [0.1, 0.15) is 18.5 Å². The third kappa shape index (κ3) is 2.09. The number of fused-ring (bicyclic) bond motifs is 1. The number of hydrogen-bond acceptors (Lipinski definition) is 5. The van der Waals surface area contributed by atoms with Gasteiger partial charge in [-0.05, 0) is 13.0 Å². The number of nitrogens with one attached hydrogen (secondary N) is 2. The van der Waals surface area contributed by atoms with Gasteiger partial charge >= 0.3 is 6.03 Å². The molecule has 3 rings (SSSR count). The Kier molecular flexibility index (Phi) is 2.96. The first kappa shape index (κ1) is 12.5. The van der Waals surface area contributed by atoms with Gasteiger partial charge in [0.05, 0.1) is 12.7 Å². The Morgan fingerprint density at radius 1 is 1.53 bits per heavy atom. The van der Waals surface area contributed by atoms with Gasteiger partial charge in [-0.2, -0.15) is 0 Å². The first-order valence-electron chi connectivity index (χ1n) is 6.28. The van der Waals surface area contributed by atoms with E-state index in [0.717, 1.165) is 11.3 Å². The van der Waals surface area contributed by atoms with Gasteiger partial charge in [-0.15, -0.1) is 0 Å². The molecule has 0 aromatic heterocycles. The molecule has 19 heavy (non-hydrogen) atoms. The first-order chi connectivity index (χ1) is 9.08. The van der Waals surface area contributed by atoms with Crippen LogP contribution in [0.15, 0.2) is 23.5 Å². The van der Waals surface area contributed by atoms with Crippen LogP contribution in [0.3, 0.4) is 0 Å². The van der Waals surface area contributed by atoms with E-state index in [-0.39, 0.29) is 18.8 Å². The monoisotopic (exact) mass is 267 g/mol. The van der Waals surface area contributed by atoms with Crippen molar-refractivity contribution in [3.05, 3.63) is 23.5 Å². The van der Waals surface area contributed by atoms with Gasteiger partial charge in [-0.1, -0.05) is 0 Å². The summed E-state index contributed by atoms with van der Waals surface area (Å²) in [7, 11) is 0. The molecule has 4 atom stereocenters. The molecule has 0 aliphatic carbocycles. The van der Waals surface area contributed by atoms with E-state index in [1.54, 1.807) is 6.20 Å². The topological polar surface area (TPSA) is 94.1 Å². The van der Waals surface area contributed by atoms with E-state index in [9.17, 15) is 9.90 Å². The van der Waals surface area contributed by atoms with E-state index in [4.69, 9.17) is 9.84 Å². The molecule has 3 aliphatic heterocycles. The maximum atomic E-state index is 12.0. The van der Waals surface area contributed by atoms with Crippen molar-refractivity contribution in [2.45, 2.75) is 37.9 Å². The lowest BCUT2D eigenvalue weighted by Gasteiger charge is -2.32. The van der Waals surface area contributed by atoms with Crippen LogP contribution in [-0.4, -0.2) is 52.4 Å². The number of ether oxygens (including phenoxy) is 1. The number of carbonyl (C=O) groups excluding carboxylic acids is 1. The molecule has 7 heteroatoms. The second-order valence-corrected chi connectivity index (χ2v) is 5.01. The fourth-order valence-corrected chi connectivity index (χ4v) is 2.60. The van der Waals surface area contributed by atoms with Crippen molar-refractivity contribution in [3.63, 3.8) is 0 Å². The van der Waals surface area contributed by atoms with Crippen LogP contribution in [0.4, 0.5) is 4.79 Å². The Morgan fingerprint density at radius 3 is 3.00 bits per heavy atom. The van der Waals surface area contributed by atoms with Crippen molar-refractivity contribution in [2.75, 3.05) is 6.61 Å².